The predicted molar refractivity (Wildman–Crippen MR) is 100 cm³/mol. The molecule has 0 unspecified atom stereocenters. The number of ether oxygens (including phenoxy) is 1. The SMILES string of the molecule is C[C@H]1Cn2nc(C34CCC(C(=O)O)(CC3)OC4)cc2-c2cnc([C@@](C)(O)C(F)(F)F)n21. The number of halogens is 3. The second-order valence-electron chi connectivity index (χ2n) is 9.22. The molecule has 2 aromatic heterocycles. The highest BCUT2D eigenvalue weighted by Crippen LogP contribution is 2.51. The van der Waals surface area contributed by atoms with Gasteiger partial charge in [0.15, 0.2) is 11.4 Å². The van der Waals surface area contributed by atoms with E-state index in [2.05, 4.69) is 4.98 Å². The minimum atomic E-state index is -4.87. The normalized spacial score (nSPS) is 31.7. The summed E-state index contributed by atoms with van der Waals surface area (Å²) in [5.74, 6) is -1.38. The maximum Gasteiger partial charge on any atom is 0.424 e. The number of hydrogen-bond donors (Lipinski definition) is 2. The average molecular weight is 440 g/mol. The molecule has 3 fully saturated rings. The van der Waals surface area contributed by atoms with E-state index >= 15 is 0 Å². The number of carbonyl (C=O) groups is 1. The zero-order valence-corrected chi connectivity index (χ0v) is 17.1. The van der Waals surface area contributed by atoms with Crippen molar-refractivity contribution in [3.8, 4) is 11.4 Å². The number of aromatic nitrogens is 4. The van der Waals surface area contributed by atoms with Gasteiger partial charge in [-0.05, 0) is 45.6 Å². The molecule has 11 heteroatoms. The van der Waals surface area contributed by atoms with Crippen LogP contribution >= 0.6 is 0 Å². The number of carboxylic acids is 1. The second-order valence-corrected chi connectivity index (χ2v) is 9.22. The first-order valence-corrected chi connectivity index (χ1v) is 10.2. The van der Waals surface area contributed by atoms with E-state index < -0.39 is 40.6 Å². The Bertz CT molecular complexity index is 1050. The third-order valence-electron chi connectivity index (χ3n) is 7.28. The molecule has 0 amide bonds. The summed E-state index contributed by atoms with van der Waals surface area (Å²) in [6.45, 7) is 3.05. The quantitative estimate of drug-likeness (QED) is 0.761. The molecule has 2 atom stereocenters. The van der Waals surface area contributed by atoms with Crippen molar-refractivity contribution in [3.63, 3.8) is 0 Å². The number of rotatable bonds is 3. The Kier molecular flexibility index (Phi) is 4.03. The number of aliphatic hydroxyl groups is 1. The molecule has 1 aliphatic carbocycles. The fraction of sp³-hybridized carbons (Fsp3) is 0.650. The van der Waals surface area contributed by atoms with Gasteiger partial charge in [0.05, 0.1) is 42.5 Å². The molecular formula is C20H23F3N4O4. The van der Waals surface area contributed by atoms with E-state index in [9.17, 15) is 28.2 Å². The summed E-state index contributed by atoms with van der Waals surface area (Å²) in [6, 6.07) is 1.45. The summed E-state index contributed by atoms with van der Waals surface area (Å²) >= 11 is 0. The number of imidazole rings is 1. The molecule has 2 bridgehead atoms. The van der Waals surface area contributed by atoms with Gasteiger partial charge in [-0.1, -0.05) is 0 Å². The first-order chi connectivity index (χ1) is 14.4. The predicted octanol–water partition coefficient (Wildman–Crippen LogP) is 2.76. The average Bonchev–Trinajstić information content (AvgIpc) is 3.33. The van der Waals surface area contributed by atoms with Gasteiger partial charge in [0.1, 0.15) is 0 Å². The summed E-state index contributed by atoms with van der Waals surface area (Å²) in [5.41, 5.74) is -2.76. The number of hydrogen-bond acceptors (Lipinski definition) is 5. The molecule has 6 rings (SSSR count). The number of aliphatic carboxylic acids is 1. The molecular weight excluding hydrogens is 417 g/mol. The maximum absolute atomic E-state index is 13.4. The van der Waals surface area contributed by atoms with Gasteiger partial charge in [-0.15, -0.1) is 0 Å². The minimum Gasteiger partial charge on any atom is -0.479 e. The Hall–Kier alpha value is -2.40. The summed E-state index contributed by atoms with van der Waals surface area (Å²) in [4.78, 5) is 15.5. The van der Waals surface area contributed by atoms with Crippen molar-refractivity contribution in [2.75, 3.05) is 6.61 Å². The van der Waals surface area contributed by atoms with Gasteiger partial charge < -0.3 is 19.5 Å². The third-order valence-corrected chi connectivity index (χ3v) is 7.28. The van der Waals surface area contributed by atoms with Crippen LogP contribution in [0.2, 0.25) is 0 Å². The number of fused-ring (bicyclic) bond motifs is 6. The van der Waals surface area contributed by atoms with Gasteiger partial charge in [-0.3, -0.25) is 4.68 Å². The van der Waals surface area contributed by atoms with Crippen LogP contribution in [-0.2, 0) is 27.1 Å². The van der Waals surface area contributed by atoms with Crippen molar-refractivity contribution in [1.29, 1.82) is 0 Å². The Morgan fingerprint density at radius 2 is 1.94 bits per heavy atom. The molecule has 168 valence electrons. The Morgan fingerprint density at radius 3 is 2.48 bits per heavy atom. The van der Waals surface area contributed by atoms with Crippen LogP contribution in [0.25, 0.3) is 11.4 Å². The lowest BCUT2D eigenvalue weighted by atomic mass is 9.64. The van der Waals surface area contributed by atoms with Gasteiger partial charge in [0, 0.05) is 5.41 Å². The van der Waals surface area contributed by atoms with Gasteiger partial charge in [-0.25, -0.2) is 9.78 Å². The van der Waals surface area contributed by atoms with Crippen molar-refractivity contribution in [2.45, 2.75) is 74.9 Å². The smallest absolute Gasteiger partial charge is 0.424 e. The highest BCUT2D eigenvalue weighted by Gasteiger charge is 2.57. The van der Waals surface area contributed by atoms with Crippen molar-refractivity contribution >= 4 is 5.97 Å². The molecule has 4 aliphatic rings. The number of carboxylic acid groups (broad SMARTS) is 1. The zero-order chi connectivity index (χ0) is 22.4. The lowest BCUT2D eigenvalue weighted by Gasteiger charge is -2.50. The van der Waals surface area contributed by atoms with Crippen LogP contribution in [0.5, 0.6) is 0 Å². The Labute approximate surface area is 175 Å². The topological polar surface area (TPSA) is 102 Å². The fourth-order valence-corrected chi connectivity index (χ4v) is 5.14. The summed E-state index contributed by atoms with van der Waals surface area (Å²) < 4.78 is 49.3. The van der Waals surface area contributed by atoms with Crippen LogP contribution in [-0.4, -0.2) is 53.9 Å². The number of nitrogens with zero attached hydrogens (tertiary/aromatic N) is 4. The summed E-state index contributed by atoms with van der Waals surface area (Å²) in [6.07, 6.45) is -1.48. The molecule has 0 radical (unpaired) electrons. The van der Waals surface area contributed by atoms with E-state index in [4.69, 9.17) is 9.84 Å². The van der Waals surface area contributed by atoms with Crippen molar-refractivity contribution in [2.24, 2.45) is 0 Å². The van der Waals surface area contributed by atoms with Gasteiger partial charge in [0.2, 0.25) is 5.60 Å². The third kappa shape index (κ3) is 2.65. The summed E-state index contributed by atoms with van der Waals surface area (Å²) in [5, 5.41) is 24.5. The van der Waals surface area contributed by atoms with Crippen LogP contribution in [0, 0.1) is 0 Å². The van der Waals surface area contributed by atoms with Crippen LogP contribution in [0.15, 0.2) is 12.3 Å². The van der Waals surface area contributed by atoms with Crippen LogP contribution in [0.3, 0.4) is 0 Å². The van der Waals surface area contributed by atoms with E-state index in [1.165, 1.54) is 10.8 Å². The molecule has 5 heterocycles. The maximum atomic E-state index is 13.4. The van der Waals surface area contributed by atoms with Gasteiger partial charge in [-0.2, -0.15) is 18.3 Å². The molecule has 3 aliphatic heterocycles. The van der Waals surface area contributed by atoms with E-state index in [0.717, 1.165) is 5.69 Å². The van der Waals surface area contributed by atoms with Gasteiger partial charge in [0.25, 0.3) is 0 Å². The van der Waals surface area contributed by atoms with Crippen LogP contribution in [0.1, 0.15) is 57.1 Å². The zero-order valence-electron chi connectivity index (χ0n) is 17.1. The van der Waals surface area contributed by atoms with E-state index in [1.54, 1.807) is 11.6 Å². The molecule has 0 spiro atoms. The van der Waals surface area contributed by atoms with Crippen molar-refractivity contribution in [1.82, 2.24) is 19.3 Å². The van der Waals surface area contributed by atoms with Crippen LogP contribution < -0.4 is 0 Å². The standard InChI is InChI=1S/C20H23F3N4O4/c1-11-9-26-12(13-8-24-15(27(11)13)17(2,30)20(21,22)23)7-14(25-26)18-3-5-19(6-4-18,16(28)29)31-10-18/h7-8,11,30H,3-6,9-10H2,1-2H3,(H,28,29)/t11-,17+,18?,19?/m0/s1. The first kappa shape index (κ1) is 20.5. The molecule has 0 aromatic carbocycles. The molecule has 2 aromatic rings. The van der Waals surface area contributed by atoms with E-state index in [0.29, 0.717) is 50.5 Å². The van der Waals surface area contributed by atoms with E-state index in [1.807, 2.05) is 6.07 Å². The molecule has 2 saturated heterocycles. The Balaban J connectivity index is 1.54. The lowest BCUT2D eigenvalue weighted by Crippen LogP contribution is -2.57. The molecule has 1 saturated carbocycles. The second kappa shape index (κ2) is 6.10. The largest absolute Gasteiger partial charge is 0.479 e. The van der Waals surface area contributed by atoms with E-state index in [-0.39, 0.29) is 6.61 Å². The lowest BCUT2D eigenvalue weighted by molar-refractivity contribution is -0.262. The molecule has 2 N–H and O–H groups in total. The highest BCUT2D eigenvalue weighted by atomic mass is 19.4. The summed E-state index contributed by atoms with van der Waals surface area (Å²) in [7, 11) is 0. The van der Waals surface area contributed by atoms with Crippen LogP contribution in [0.4, 0.5) is 13.2 Å². The first-order valence-electron chi connectivity index (χ1n) is 10.2. The van der Waals surface area contributed by atoms with Crippen molar-refractivity contribution in [3.05, 3.63) is 23.8 Å². The Morgan fingerprint density at radius 1 is 1.26 bits per heavy atom. The monoisotopic (exact) mass is 440 g/mol. The van der Waals surface area contributed by atoms with Gasteiger partial charge >= 0.3 is 12.1 Å². The highest BCUT2D eigenvalue weighted by molar-refractivity contribution is 5.78. The minimum absolute atomic E-state index is 0.249. The fourth-order valence-electron chi connectivity index (χ4n) is 5.14. The van der Waals surface area contributed by atoms with Crippen molar-refractivity contribution < 1.29 is 32.9 Å². The molecule has 8 nitrogen and oxygen atoms in total. The molecule has 31 heavy (non-hydrogen) atoms. The number of alkyl halides is 3.